The van der Waals surface area contributed by atoms with Crippen molar-refractivity contribution >= 4 is 29.5 Å². The average Bonchev–Trinajstić information content (AvgIpc) is 2.65. The minimum Gasteiger partial charge on any atom is -0.287 e. The first-order valence-corrected chi connectivity index (χ1v) is 13.5. The summed E-state index contributed by atoms with van der Waals surface area (Å²) in [6, 6.07) is 0. The molecule has 3 heteroatoms. The molecule has 0 aliphatic carbocycles. The molecule has 0 aromatic heterocycles. The zero-order valence-corrected chi connectivity index (χ0v) is 20.2. The lowest BCUT2D eigenvalue weighted by Gasteiger charge is -2.09. The summed E-state index contributed by atoms with van der Waals surface area (Å²) in [5.74, 6) is 0. The van der Waals surface area contributed by atoms with E-state index in [-0.39, 0.29) is 4.58 Å². The van der Waals surface area contributed by atoms with Crippen LogP contribution in [0, 0.1) is 0 Å². The molecule has 0 heterocycles. The predicted molar refractivity (Wildman–Crippen MR) is 129 cm³/mol. The van der Waals surface area contributed by atoms with Crippen molar-refractivity contribution in [3.8, 4) is 0 Å². The molecule has 0 rings (SSSR count). The third kappa shape index (κ3) is 22.5. The average molecular weight is 417 g/mol. The van der Waals surface area contributed by atoms with Gasteiger partial charge in [-0.2, -0.15) is 12.6 Å². The zero-order valence-electron chi connectivity index (χ0n) is 18.5. The van der Waals surface area contributed by atoms with Crippen LogP contribution in [-0.2, 0) is 4.79 Å². The fraction of sp³-hybridized carbons (Fsp3) is 0.958. The summed E-state index contributed by atoms with van der Waals surface area (Å²) in [5, 5.41) is 0.353. The Balaban J connectivity index is 3.26. The quantitative estimate of drug-likeness (QED) is 0.114. The molecular weight excluding hydrogens is 368 g/mol. The third-order valence-corrected chi connectivity index (χ3v) is 6.86. The Morgan fingerprint density at radius 1 is 0.630 bits per heavy atom. The summed E-state index contributed by atoms with van der Waals surface area (Å²) >= 11 is 6.05. The summed E-state index contributed by atoms with van der Waals surface area (Å²) in [6.45, 7) is 4.52. The summed E-state index contributed by atoms with van der Waals surface area (Å²) in [4.78, 5) is 12.0. The maximum atomic E-state index is 12.0. The van der Waals surface area contributed by atoms with E-state index < -0.39 is 0 Å². The Morgan fingerprint density at radius 3 is 1.44 bits per heavy atom. The van der Waals surface area contributed by atoms with Gasteiger partial charge in [0, 0.05) is 6.42 Å². The van der Waals surface area contributed by atoms with Crippen LogP contribution in [0.15, 0.2) is 0 Å². The summed E-state index contributed by atoms with van der Waals surface area (Å²) in [5.41, 5.74) is 0. The first-order valence-electron chi connectivity index (χ1n) is 12.1. The monoisotopic (exact) mass is 416 g/mol. The molecule has 1 atom stereocenters. The molecule has 162 valence electrons. The van der Waals surface area contributed by atoms with Gasteiger partial charge in [-0.3, -0.25) is 4.79 Å². The molecule has 0 aromatic carbocycles. The molecule has 0 saturated heterocycles. The molecule has 0 spiro atoms. The topological polar surface area (TPSA) is 17.1 Å². The van der Waals surface area contributed by atoms with Crippen LogP contribution in [0.25, 0.3) is 0 Å². The number of unbranched alkanes of at least 4 members (excludes halogenated alkanes) is 16. The number of hydrogen-bond donors (Lipinski definition) is 1. The van der Waals surface area contributed by atoms with Crippen LogP contribution in [0.5, 0.6) is 0 Å². The van der Waals surface area contributed by atoms with Gasteiger partial charge in [0.05, 0.1) is 4.58 Å². The molecule has 0 aromatic rings. The Hall–Kier alpha value is 0.370. The van der Waals surface area contributed by atoms with E-state index in [1.165, 1.54) is 121 Å². The molecule has 0 aliphatic rings. The van der Waals surface area contributed by atoms with Crippen molar-refractivity contribution in [2.45, 2.75) is 147 Å². The van der Waals surface area contributed by atoms with Crippen LogP contribution in [-0.4, -0.2) is 9.70 Å². The van der Waals surface area contributed by atoms with Gasteiger partial charge >= 0.3 is 0 Å². The van der Waals surface area contributed by atoms with Gasteiger partial charge in [-0.1, -0.05) is 135 Å². The summed E-state index contributed by atoms with van der Waals surface area (Å²) in [6.07, 6.45) is 25.9. The zero-order chi connectivity index (χ0) is 20.0. The van der Waals surface area contributed by atoms with Gasteiger partial charge in [-0.05, 0) is 12.8 Å². The normalized spacial score (nSPS) is 12.4. The first-order chi connectivity index (χ1) is 13.2. The second kappa shape index (κ2) is 22.7. The molecule has 0 aliphatic heterocycles. The minimum absolute atomic E-state index is 0.209. The fourth-order valence-corrected chi connectivity index (χ4v) is 4.86. The molecule has 1 nitrogen and oxygen atoms in total. The highest BCUT2D eigenvalue weighted by Gasteiger charge is 2.10. The van der Waals surface area contributed by atoms with Crippen molar-refractivity contribution in [3.05, 3.63) is 0 Å². The van der Waals surface area contributed by atoms with E-state index in [1.807, 2.05) is 0 Å². The molecule has 0 saturated carbocycles. The van der Waals surface area contributed by atoms with Crippen molar-refractivity contribution in [2.24, 2.45) is 0 Å². The van der Waals surface area contributed by atoms with Gasteiger partial charge in [-0.25, -0.2) is 0 Å². The van der Waals surface area contributed by atoms with E-state index in [9.17, 15) is 4.79 Å². The van der Waals surface area contributed by atoms with Crippen molar-refractivity contribution in [1.29, 1.82) is 0 Å². The lowest BCUT2D eigenvalue weighted by molar-refractivity contribution is -0.111. The molecule has 0 N–H and O–H groups in total. The molecule has 1 unspecified atom stereocenters. The Kier molecular flexibility index (Phi) is 23.0. The molecule has 0 amide bonds. The van der Waals surface area contributed by atoms with E-state index in [4.69, 9.17) is 0 Å². The van der Waals surface area contributed by atoms with Crippen LogP contribution in [0.2, 0.25) is 0 Å². The van der Waals surface area contributed by atoms with Gasteiger partial charge < -0.3 is 0 Å². The summed E-state index contributed by atoms with van der Waals surface area (Å²) in [7, 11) is 0. The Labute approximate surface area is 181 Å². The molecule has 0 bridgehead atoms. The lowest BCUT2D eigenvalue weighted by atomic mass is 10.0. The van der Waals surface area contributed by atoms with Crippen LogP contribution >= 0.6 is 24.4 Å². The minimum atomic E-state index is 0.209. The van der Waals surface area contributed by atoms with Crippen molar-refractivity contribution < 1.29 is 4.79 Å². The van der Waals surface area contributed by atoms with E-state index in [1.54, 1.807) is 0 Å². The van der Waals surface area contributed by atoms with Gasteiger partial charge in [-0.15, -0.1) is 0 Å². The second-order valence-corrected chi connectivity index (χ2v) is 10.4. The van der Waals surface area contributed by atoms with Crippen molar-refractivity contribution in [1.82, 2.24) is 0 Å². The van der Waals surface area contributed by atoms with Crippen LogP contribution < -0.4 is 0 Å². The van der Waals surface area contributed by atoms with E-state index in [0.717, 1.165) is 19.3 Å². The van der Waals surface area contributed by atoms with Gasteiger partial charge in [0.1, 0.15) is 0 Å². The molecular formula is C24H48OS2. The van der Waals surface area contributed by atoms with Crippen molar-refractivity contribution in [2.75, 3.05) is 0 Å². The highest BCUT2D eigenvalue weighted by Crippen LogP contribution is 2.24. The maximum Gasteiger partial charge on any atom is 0.190 e. The van der Waals surface area contributed by atoms with Crippen LogP contribution in [0.1, 0.15) is 142 Å². The number of hydrogen-bond acceptors (Lipinski definition) is 3. The van der Waals surface area contributed by atoms with E-state index >= 15 is 0 Å². The number of carbonyl (C=O) groups is 1. The Morgan fingerprint density at radius 2 is 1.00 bits per heavy atom. The van der Waals surface area contributed by atoms with Crippen LogP contribution in [0.3, 0.4) is 0 Å². The number of thioether (sulfide) groups is 1. The predicted octanol–water partition coefficient (Wildman–Crippen LogP) is 9.34. The first kappa shape index (κ1) is 27.4. The smallest absolute Gasteiger partial charge is 0.190 e. The highest BCUT2D eigenvalue weighted by atomic mass is 32.2. The molecule has 0 fully saturated rings. The fourth-order valence-electron chi connectivity index (χ4n) is 3.48. The van der Waals surface area contributed by atoms with E-state index in [0.29, 0.717) is 5.12 Å². The van der Waals surface area contributed by atoms with Gasteiger partial charge in [0.25, 0.3) is 0 Å². The number of rotatable bonds is 21. The highest BCUT2D eigenvalue weighted by molar-refractivity contribution is 8.20. The standard InChI is InChI=1S/C24H48OS2/c1-3-5-7-9-10-11-12-13-14-15-16-18-19-21-23(25)27-24(26)22-20-17-8-6-4-2/h24,26H,3-22H2,1-2H3. The van der Waals surface area contributed by atoms with Gasteiger partial charge in [0.2, 0.25) is 0 Å². The maximum absolute atomic E-state index is 12.0. The van der Waals surface area contributed by atoms with Gasteiger partial charge in [0.15, 0.2) is 5.12 Å². The summed E-state index contributed by atoms with van der Waals surface area (Å²) < 4.78 is 0.209. The van der Waals surface area contributed by atoms with Crippen LogP contribution in [0.4, 0.5) is 0 Å². The molecule has 0 radical (unpaired) electrons. The SMILES string of the molecule is CCCCCCCCCCCCCCCC(=O)SC(S)CCCCCCC. The number of carbonyl (C=O) groups excluding carboxylic acids is 1. The molecule has 27 heavy (non-hydrogen) atoms. The largest absolute Gasteiger partial charge is 0.287 e. The number of thiol groups is 1. The third-order valence-electron chi connectivity index (χ3n) is 5.31. The Bertz CT molecular complexity index is 307. The second-order valence-electron chi connectivity index (χ2n) is 8.14. The van der Waals surface area contributed by atoms with E-state index in [2.05, 4.69) is 26.5 Å². The lowest BCUT2D eigenvalue weighted by Crippen LogP contribution is -2.00. The van der Waals surface area contributed by atoms with Crippen molar-refractivity contribution in [3.63, 3.8) is 0 Å².